The van der Waals surface area contributed by atoms with Crippen LogP contribution in [0, 0.1) is 5.82 Å². The number of carbonyl (C=O) groups excluding carboxylic acids is 1. The van der Waals surface area contributed by atoms with Crippen LogP contribution in [0.3, 0.4) is 0 Å². The number of aromatic nitrogens is 3. The summed E-state index contributed by atoms with van der Waals surface area (Å²) in [7, 11) is 0. The number of hydrogen-bond donors (Lipinski definition) is 1. The standard InChI is InChI=1S/C29H31FN6O2/c1-29(2,3)38-28(37)35-17-15-34(16-18-35)21-7-9-22(10-8-21)36-19-24(23-5-4-6-25(31)26(23)30)27(33-36)20-11-13-32-14-12-20/h4-14,19H,15-18,31H2,1-3H3. The first-order chi connectivity index (χ1) is 18.2. The quantitative estimate of drug-likeness (QED) is 0.368. The molecule has 2 aromatic heterocycles. The van der Waals surface area contributed by atoms with Crippen molar-refractivity contribution in [3.8, 4) is 28.1 Å². The molecule has 1 aliphatic rings. The summed E-state index contributed by atoms with van der Waals surface area (Å²) >= 11 is 0. The molecule has 0 unspecified atom stereocenters. The Kier molecular flexibility index (Phi) is 6.75. The van der Waals surface area contributed by atoms with E-state index in [1.54, 1.807) is 40.2 Å². The number of piperazine rings is 1. The Balaban J connectivity index is 1.38. The minimum absolute atomic E-state index is 0.0899. The van der Waals surface area contributed by atoms with Crippen LogP contribution in [0.4, 0.5) is 20.6 Å². The molecule has 3 heterocycles. The number of anilines is 2. The molecule has 8 nitrogen and oxygen atoms in total. The molecule has 0 saturated carbocycles. The second-order valence-corrected chi connectivity index (χ2v) is 10.3. The lowest BCUT2D eigenvalue weighted by Gasteiger charge is -2.36. The first kappa shape index (κ1) is 25.3. The van der Waals surface area contributed by atoms with Gasteiger partial charge in [0.15, 0.2) is 5.82 Å². The number of amides is 1. The molecule has 9 heteroatoms. The zero-order chi connectivity index (χ0) is 26.9. The number of halogens is 1. The summed E-state index contributed by atoms with van der Waals surface area (Å²) in [5.74, 6) is -0.469. The molecule has 2 N–H and O–H groups in total. The van der Waals surface area contributed by atoms with E-state index < -0.39 is 11.4 Å². The smallest absolute Gasteiger partial charge is 0.410 e. The molecule has 5 rings (SSSR count). The summed E-state index contributed by atoms with van der Waals surface area (Å²) in [5.41, 5.74) is 9.84. The third-order valence-corrected chi connectivity index (χ3v) is 6.40. The molecule has 0 radical (unpaired) electrons. The van der Waals surface area contributed by atoms with Crippen molar-refractivity contribution in [3.63, 3.8) is 0 Å². The van der Waals surface area contributed by atoms with Gasteiger partial charge >= 0.3 is 6.09 Å². The molecule has 1 fully saturated rings. The number of rotatable bonds is 4. The lowest BCUT2D eigenvalue weighted by molar-refractivity contribution is 0.0240. The van der Waals surface area contributed by atoms with Gasteiger partial charge in [-0.2, -0.15) is 5.10 Å². The maximum absolute atomic E-state index is 15.0. The van der Waals surface area contributed by atoms with Crippen LogP contribution >= 0.6 is 0 Å². The molecule has 1 aliphatic heterocycles. The van der Waals surface area contributed by atoms with Crippen LogP contribution in [0.5, 0.6) is 0 Å². The molecule has 38 heavy (non-hydrogen) atoms. The molecule has 0 atom stereocenters. The van der Waals surface area contributed by atoms with Crippen molar-refractivity contribution in [1.29, 1.82) is 0 Å². The summed E-state index contributed by atoms with van der Waals surface area (Å²) < 4.78 is 22.2. The number of nitrogens with two attached hydrogens (primary N) is 1. The second kappa shape index (κ2) is 10.2. The summed E-state index contributed by atoms with van der Waals surface area (Å²) in [4.78, 5) is 20.5. The van der Waals surface area contributed by atoms with E-state index in [0.29, 0.717) is 43.0 Å². The van der Waals surface area contributed by atoms with Crippen molar-refractivity contribution in [3.05, 3.63) is 79.0 Å². The maximum atomic E-state index is 15.0. The Labute approximate surface area is 221 Å². The van der Waals surface area contributed by atoms with Crippen LogP contribution in [0.25, 0.3) is 28.1 Å². The summed E-state index contributed by atoms with van der Waals surface area (Å²) in [6, 6.07) is 16.7. The van der Waals surface area contributed by atoms with Crippen molar-refractivity contribution in [2.75, 3.05) is 36.8 Å². The number of pyridine rings is 1. The number of carbonyl (C=O) groups is 1. The van der Waals surface area contributed by atoms with Gasteiger partial charge in [0.05, 0.1) is 11.4 Å². The maximum Gasteiger partial charge on any atom is 0.410 e. The number of benzene rings is 2. The Morgan fingerprint density at radius 2 is 1.58 bits per heavy atom. The molecule has 0 aliphatic carbocycles. The third kappa shape index (κ3) is 5.32. The van der Waals surface area contributed by atoms with E-state index in [9.17, 15) is 9.18 Å². The molecule has 0 bridgehead atoms. The zero-order valence-electron chi connectivity index (χ0n) is 21.8. The van der Waals surface area contributed by atoms with E-state index >= 15 is 0 Å². The van der Waals surface area contributed by atoms with Crippen LogP contribution in [-0.2, 0) is 4.74 Å². The monoisotopic (exact) mass is 514 g/mol. The fourth-order valence-corrected chi connectivity index (χ4v) is 4.47. The topological polar surface area (TPSA) is 89.5 Å². The average Bonchev–Trinajstić information content (AvgIpc) is 3.35. The highest BCUT2D eigenvalue weighted by Gasteiger charge is 2.26. The minimum atomic E-state index is -0.507. The summed E-state index contributed by atoms with van der Waals surface area (Å²) in [5, 5.41) is 4.81. The van der Waals surface area contributed by atoms with E-state index in [0.717, 1.165) is 16.9 Å². The molecule has 196 valence electrons. The normalized spacial score (nSPS) is 14.0. The number of nitrogens with zero attached hydrogens (tertiary/aromatic N) is 5. The van der Waals surface area contributed by atoms with Gasteiger partial charge in [-0.15, -0.1) is 0 Å². The lowest BCUT2D eigenvalue weighted by atomic mass is 10.0. The lowest BCUT2D eigenvalue weighted by Crippen LogP contribution is -2.50. The van der Waals surface area contributed by atoms with E-state index in [-0.39, 0.29) is 11.8 Å². The molecular formula is C29H31FN6O2. The zero-order valence-corrected chi connectivity index (χ0v) is 21.8. The molecule has 1 saturated heterocycles. The Bertz CT molecular complexity index is 1420. The largest absolute Gasteiger partial charge is 0.444 e. The predicted octanol–water partition coefficient (Wildman–Crippen LogP) is 5.38. The van der Waals surface area contributed by atoms with Gasteiger partial charge in [0, 0.05) is 67.1 Å². The molecule has 2 aromatic carbocycles. The van der Waals surface area contributed by atoms with Crippen molar-refractivity contribution >= 4 is 17.5 Å². The van der Waals surface area contributed by atoms with Gasteiger partial charge in [-0.25, -0.2) is 13.9 Å². The highest BCUT2D eigenvalue weighted by atomic mass is 19.1. The van der Waals surface area contributed by atoms with E-state index in [2.05, 4.69) is 9.88 Å². The highest BCUT2D eigenvalue weighted by Crippen LogP contribution is 2.35. The Morgan fingerprint density at radius 3 is 2.24 bits per heavy atom. The molecular weight excluding hydrogens is 483 g/mol. The number of ether oxygens (including phenoxy) is 1. The Morgan fingerprint density at radius 1 is 0.921 bits per heavy atom. The van der Waals surface area contributed by atoms with Gasteiger partial charge in [0.25, 0.3) is 0 Å². The van der Waals surface area contributed by atoms with Crippen LogP contribution in [0.1, 0.15) is 20.8 Å². The first-order valence-corrected chi connectivity index (χ1v) is 12.6. The van der Waals surface area contributed by atoms with Gasteiger partial charge in [0.2, 0.25) is 0 Å². The first-order valence-electron chi connectivity index (χ1n) is 12.6. The van der Waals surface area contributed by atoms with Gasteiger partial charge in [0.1, 0.15) is 11.3 Å². The van der Waals surface area contributed by atoms with Gasteiger partial charge in [-0.05, 0) is 63.2 Å². The molecule has 0 spiro atoms. The van der Waals surface area contributed by atoms with Crippen LogP contribution < -0.4 is 10.6 Å². The summed E-state index contributed by atoms with van der Waals surface area (Å²) in [6.07, 6.45) is 4.92. The van der Waals surface area contributed by atoms with Gasteiger partial charge < -0.3 is 20.3 Å². The van der Waals surface area contributed by atoms with Crippen LogP contribution in [-0.4, -0.2) is 57.5 Å². The van der Waals surface area contributed by atoms with E-state index in [1.807, 2.05) is 63.4 Å². The molecule has 4 aromatic rings. The van der Waals surface area contributed by atoms with Crippen molar-refractivity contribution in [1.82, 2.24) is 19.7 Å². The fourth-order valence-electron chi connectivity index (χ4n) is 4.47. The number of nitrogen functional groups attached to an aromatic ring is 1. The SMILES string of the molecule is CC(C)(C)OC(=O)N1CCN(c2ccc(-n3cc(-c4cccc(N)c4F)c(-c4ccncc4)n3)cc2)CC1. The van der Waals surface area contributed by atoms with Crippen molar-refractivity contribution in [2.24, 2.45) is 0 Å². The van der Waals surface area contributed by atoms with E-state index in [1.165, 1.54) is 0 Å². The number of hydrogen-bond acceptors (Lipinski definition) is 6. The predicted molar refractivity (Wildman–Crippen MR) is 147 cm³/mol. The van der Waals surface area contributed by atoms with Gasteiger partial charge in [-0.1, -0.05) is 12.1 Å². The Hall–Kier alpha value is -4.40. The van der Waals surface area contributed by atoms with Crippen molar-refractivity contribution < 1.29 is 13.9 Å². The van der Waals surface area contributed by atoms with Gasteiger partial charge in [-0.3, -0.25) is 4.98 Å². The van der Waals surface area contributed by atoms with Crippen LogP contribution in [0.2, 0.25) is 0 Å². The third-order valence-electron chi connectivity index (χ3n) is 6.40. The highest BCUT2D eigenvalue weighted by molar-refractivity contribution is 5.82. The average molecular weight is 515 g/mol. The van der Waals surface area contributed by atoms with Crippen LogP contribution in [0.15, 0.2) is 73.2 Å². The molecule has 1 amide bonds. The van der Waals surface area contributed by atoms with Crippen molar-refractivity contribution in [2.45, 2.75) is 26.4 Å². The summed E-state index contributed by atoms with van der Waals surface area (Å²) in [6.45, 7) is 8.24. The fraction of sp³-hybridized carbons (Fsp3) is 0.276. The second-order valence-electron chi connectivity index (χ2n) is 10.3. The minimum Gasteiger partial charge on any atom is -0.444 e. The van der Waals surface area contributed by atoms with E-state index in [4.69, 9.17) is 15.6 Å².